The maximum absolute atomic E-state index is 11.1. The Balaban J connectivity index is 2.31. The quantitative estimate of drug-likeness (QED) is 0.592. The Labute approximate surface area is 68.7 Å². The Hall–Kier alpha value is -1.78. The number of aromatic nitrogens is 2. The summed E-state index contributed by atoms with van der Waals surface area (Å²) in [4.78, 5) is 18.9. The van der Waals surface area contributed by atoms with Crippen LogP contribution in [0.5, 0.6) is 0 Å². The largest absolute Gasteiger partial charge is 0.272 e. The molecule has 0 aromatic carbocycles. The van der Waals surface area contributed by atoms with E-state index in [4.69, 9.17) is 0 Å². The Kier molecular flexibility index (Phi) is 1.55. The first-order chi connectivity index (χ1) is 5.88. The summed E-state index contributed by atoms with van der Waals surface area (Å²) in [6, 6.07) is 1.69. The van der Waals surface area contributed by atoms with Crippen molar-refractivity contribution in [3.05, 3.63) is 18.5 Å². The number of anilines is 1. The van der Waals surface area contributed by atoms with Crippen molar-refractivity contribution in [3.63, 3.8) is 0 Å². The summed E-state index contributed by atoms with van der Waals surface area (Å²) in [5.41, 5.74) is 0. The standard InChI is InChI=1S/C7H6N4O/c12-6-2-5-10-11(6)7-8-3-1-4-9-7/h1,3-5H,2H2. The van der Waals surface area contributed by atoms with E-state index in [-0.39, 0.29) is 5.91 Å². The summed E-state index contributed by atoms with van der Waals surface area (Å²) in [5, 5.41) is 5.02. The molecule has 0 bridgehead atoms. The van der Waals surface area contributed by atoms with Gasteiger partial charge in [-0.1, -0.05) is 0 Å². The lowest BCUT2D eigenvalue weighted by Gasteiger charge is -2.07. The van der Waals surface area contributed by atoms with Gasteiger partial charge in [0.05, 0.1) is 6.42 Å². The Morgan fingerprint density at radius 3 is 2.67 bits per heavy atom. The Morgan fingerprint density at radius 1 is 1.33 bits per heavy atom. The molecule has 0 radical (unpaired) electrons. The second kappa shape index (κ2) is 2.69. The van der Waals surface area contributed by atoms with Gasteiger partial charge < -0.3 is 0 Å². The molecular weight excluding hydrogens is 156 g/mol. The maximum Gasteiger partial charge on any atom is 0.255 e. The minimum Gasteiger partial charge on any atom is -0.272 e. The molecule has 2 rings (SSSR count). The summed E-state index contributed by atoms with van der Waals surface area (Å²) in [5.74, 6) is 0.234. The smallest absolute Gasteiger partial charge is 0.255 e. The first-order valence-corrected chi connectivity index (χ1v) is 3.50. The van der Waals surface area contributed by atoms with Gasteiger partial charge in [0, 0.05) is 18.6 Å². The zero-order chi connectivity index (χ0) is 8.39. The van der Waals surface area contributed by atoms with E-state index < -0.39 is 0 Å². The molecule has 0 saturated carbocycles. The van der Waals surface area contributed by atoms with Crippen molar-refractivity contribution in [2.75, 3.05) is 5.01 Å². The van der Waals surface area contributed by atoms with Gasteiger partial charge in [0.25, 0.3) is 11.9 Å². The van der Waals surface area contributed by atoms with E-state index in [0.29, 0.717) is 12.4 Å². The molecule has 0 atom stereocenters. The molecule has 12 heavy (non-hydrogen) atoms. The molecule has 1 aromatic heterocycles. The molecule has 0 saturated heterocycles. The predicted octanol–water partition coefficient (Wildman–Crippen LogP) is 0.199. The van der Waals surface area contributed by atoms with Crippen LogP contribution in [-0.4, -0.2) is 22.1 Å². The van der Waals surface area contributed by atoms with Gasteiger partial charge in [-0.05, 0) is 6.07 Å². The molecule has 0 aliphatic carbocycles. The second-order valence-electron chi connectivity index (χ2n) is 2.26. The van der Waals surface area contributed by atoms with Gasteiger partial charge in [-0.15, -0.1) is 0 Å². The fourth-order valence-corrected chi connectivity index (χ4v) is 0.915. The Bertz CT molecular complexity index is 321. The SMILES string of the molecule is O=C1CC=NN1c1ncccn1. The molecule has 1 aliphatic heterocycles. The molecule has 60 valence electrons. The van der Waals surface area contributed by atoms with Crippen molar-refractivity contribution in [3.8, 4) is 0 Å². The normalized spacial score (nSPS) is 15.7. The average molecular weight is 162 g/mol. The van der Waals surface area contributed by atoms with Crippen LogP contribution in [0.2, 0.25) is 0 Å². The molecule has 0 N–H and O–H groups in total. The van der Waals surface area contributed by atoms with Gasteiger partial charge >= 0.3 is 0 Å². The monoisotopic (exact) mass is 162 g/mol. The second-order valence-corrected chi connectivity index (χ2v) is 2.26. The zero-order valence-electron chi connectivity index (χ0n) is 6.21. The summed E-state index contributed by atoms with van der Waals surface area (Å²) in [6.45, 7) is 0. The van der Waals surface area contributed by atoms with E-state index in [2.05, 4.69) is 15.1 Å². The predicted molar refractivity (Wildman–Crippen MR) is 42.6 cm³/mol. The van der Waals surface area contributed by atoms with Crippen LogP contribution in [-0.2, 0) is 4.79 Å². The summed E-state index contributed by atoms with van der Waals surface area (Å²) in [7, 11) is 0. The highest BCUT2D eigenvalue weighted by Gasteiger charge is 2.20. The van der Waals surface area contributed by atoms with Crippen LogP contribution in [0.15, 0.2) is 23.6 Å². The van der Waals surface area contributed by atoms with Gasteiger partial charge in [0.2, 0.25) is 0 Å². The highest BCUT2D eigenvalue weighted by atomic mass is 16.2. The first-order valence-electron chi connectivity index (χ1n) is 3.50. The topological polar surface area (TPSA) is 58.5 Å². The van der Waals surface area contributed by atoms with Crippen LogP contribution in [0.25, 0.3) is 0 Å². The Morgan fingerprint density at radius 2 is 2.08 bits per heavy atom. The summed E-state index contributed by atoms with van der Waals surface area (Å²) >= 11 is 0. The molecule has 1 aliphatic rings. The van der Waals surface area contributed by atoms with E-state index in [0.717, 1.165) is 0 Å². The molecule has 2 heterocycles. The van der Waals surface area contributed by atoms with Crippen LogP contribution in [0.4, 0.5) is 5.95 Å². The van der Waals surface area contributed by atoms with E-state index in [1.165, 1.54) is 5.01 Å². The van der Waals surface area contributed by atoms with E-state index in [9.17, 15) is 4.79 Å². The van der Waals surface area contributed by atoms with Crippen molar-refractivity contribution < 1.29 is 4.79 Å². The van der Waals surface area contributed by atoms with E-state index in [1.807, 2.05) is 0 Å². The fraction of sp³-hybridized carbons (Fsp3) is 0.143. The lowest BCUT2D eigenvalue weighted by Crippen LogP contribution is -2.21. The number of amides is 1. The van der Waals surface area contributed by atoms with Crippen molar-refractivity contribution in [1.29, 1.82) is 0 Å². The minimum absolute atomic E-state index is 0.0961. The number of carbonyl (C=O) groups is 1. The number of rotatable bonds is 1. The number of nitrogens with zero attached hydrogens (tertiary/aromatic N) is 4. The number of hydrogen-bond donors (Lipinski definition) is 0. The molecule has 5 heteroatoms. The van der Waals surface area contributed by atoms with Crippen LogP contribution < -0.4 is 5.01 Å². The highest BCUT2D eigenvalue weighted by Crippen LogP contribution is 2.10. The average Bonchev–Trinajstić information content (AvgIpc) is 2.53. The third-order valence-electron chi connectivity index (χ3n) is 1.44. The highest BCUT2D eigenvalue weighted by molar-refractivity contribution is 6.04. The van der Waals surface area contributed by atoms with Gasteiger partial charge in [0.1, 0.15) is 0 Å². The molecule has 1 aromatic rings. The first kappa shape index (κ1) is 6.90. The number of hydrazone groups is 1. The van der Waals surface area contributed by atoms with Crippen LogP contribution in [0.1, 0.15) is 6.42 Å². The summed E-state index contributed by atoms with van der Waals surface area (Å²) < 4.78 is 0. The maximum atomic E-state index is 11.1. The van der Waals surface area contributed by atoms with Gasteiger partial charge in [-0.2, -0.15) is 10.1 Å². The lowest BCUT2D eigenvalue weighted by molar-refractivity contribution is -0.116. The fourth-order valence-electron chi connectivity index (χ4n) is 0.915. The number of carbonyl (C=O) groups excluding carboxylic acids is 1. The van der Waals surface area contributed by atoms with Crippen molar-refractivity contribution >= 4 is 18.1 Å². The van der Waals surface area contributed by atoms with Crippen molar-refractivity contribution in [2.24, 2.45) is 5.10 Å². The lowest BCUT2D eigenvalue weighted by atomic mass is 10.4. The molecule has 0 fully saturated rings. The third kappa shape index (κ3) is 1.05. The van der Waals surface area contributed by atoms with Gasteiger partial charge in [0.15, 0.2) is 0 Å². The molecule has 5 nitrogen and oxygen atoms in total. The number of hydrogen-bond acceptors (Lipinski definition) is 4. The molecule has 1 amide bonds. The molecular formula is C7H6N4O. The molecule has 0 unspecified atom stereocenters. The van der Waals surface area contributed by atoms with E-state index >= 15 is 0 Å². The van der Waals surface area contributed by atoms with Crippen molar-refractivity contribution in [1.82, 2.24) is 9.97 Å². The molecule has 0 spiro atoms. The zero-order valence-corrected chi connectivity index (χ0v) is 6.21. The van der Waals surface area contributed by atoms with Gasteiger partial charge in [-0.3, -0.25) is 4.79 Å². The third-order valence-corrected chi connectivity index (χ3v) is 1.44. The minimum atomic E-state index is -0.0961. The van der Waals surface area contributed by atoms with Crippen LogP contribution in [0, 0.1) is 0 Å². The van der Waals surface area contributed by atoms with Crippen LogP contribution >= 0.6 is 0 Å². The summed E-state index contributed by atoms with van der Waals surface area (Å²) in [6.07, 6.45) is 5.02. The van der Waals surface area contributed by atoms with Gasteiger partial charge in [-0.25, -0.2) is 9.97 Å². The van der Waals surface area contributed by atoms with Crippen molar-refractivity contribution in [2.45, 2.75) is 6.42 Å². The van der Waals surface area contributed by atoms with Crippen LogP contribution in [0.3, 0.4) is 0 Å². The van der Waals surface area contributed by atoms with E-state index in [1.54, 1.807) is 24.7 Å².